The molecule has 0 bridgehead atoms. The highest BCUT2D eigenvalue weighted by atomic mass is 16.2. The molecule has 0 saturated carbocycles. The largest absolute Gasteiger partial charge is 0.343 e. The number of nitrogens with zero attached hydrogens (tertiary/aromatic N) is 2. The summed E-state index contributed by atoms with van der Waals surface area (Å²) in [7, 11) is 0. The lowest BCUT2D eigenvalue weighted by Gasteiger charge is -2.25. The summed E-state index contributed by atoms with van der Waals surface area (Å²) >= 11 is 0. The Balaban J connectivity index is 2.98. The summed E-state index contributed by atoms with van der Waals surface area (Å²) < 4.78 is 0. The molecule has 19 heavy (non-hydrogen) atoms. The van der Waals surface area contributed by atoms with Crippen LogP contribution < -0.4 is 0 Å². The summed E-state index contributed by atoms with van der Waals surface area (Å²) in [6.45, 7) is 7.58. The summed E-state index contributed by atoms with van der Waals surface area (Å²) in [6, 6.07) is 9.48. The van der Waals surface area contributed by atoms with Crippen molar-refractivity contribution in [3.8, 4) is 6.07 Å². The summed E-state index contributed by atoms with van der Waals surface area (Å²) in [5.74, 6) is 0.106. The second-order valence-electron chi connectivity index (χ2n) is 4.59. The van der Waals surface area contributed by atoms with Gasteiger partial charge >= 0.3 is 0 Å². The van der Waals surface area contributed by atoms with E-state index in [1.165, 1.54) is 0 Å². The van der Waals surface area contributed by atoms with Gasteiger partial charge in [-0.3, -0.25) is 4.79 Å². The molecule has 1 aromatic carbocycles. The SMILES string of the molecule is CCCC(C(=O)N(CC)CC)c1ccc(C#N)cc1. The third-order valence-electron chi connectivity index (χ3n) is 3.39. The van der Waals surface area contributed by atoms with Gasteiger partial charge in [0.25, 0.3) is 0 Å². The van der Waals surface area contributed by atoms with E-state index >= 15 is 0 Å². The number of benzene rings is 1. The molecule has 0 heterocycles. The maximum absolute atomic E-state index is 12.5. The third-order valence-corrected chi connectivity index (χ3v) is 3.39. The first-order chi connectivity index (χ1) is 9.17. The lowest BCUT2D eigenvalue weighted by molar-refractivity contribution is -0.132. The average molecular weight is 258 g/mol. The summed E-state index contributed by atoms with van der Waals surface area (Å²) in [5.41, 5.74) is 1.65. The van der Waals surface area contributed by atoms with E-state index in [1.807, 2.05) is 30.9 Å². The molecule has 0 fully saturated rings. The average Bonchev–Trinajstić information content (AvgIpc) is 2.46. The van der Waals surface area contributed by atoms with Crippen LogP contribution in [0.1, 0.15) is 50.7 Å². The van der Waals surface area contributed by atoms with Gasteiger partial charge in [0.15, 0.2) is 0 Å². The van der Waals surface area contributed by atoms with Crippen molar-refractivity contribution in [2.45, 2.75) is 39.5 Å². The molecular weight excluding hydrogens is 236 g/mol. The van der Waals surface area contributed by atoms with Crippen molar-refractivity contribution in [3.63, 3.8) is 0 Å². The maximum Gasteiger partial charge on any atom is 0.230 e. The van der Waals surface area contributed by atoms with Gasteiger partial charge in [-0.25, -0.2) is 0 Å². The number of carbonyl (C=O) groups excluding carboxylic acids is 1. The molecule has 0 aliphatic rings. The Morgan fingerprint density at radius 1 is 1.21 bits per heavy atom. The van der Waals surface area contributed by atoms with Crippen LogP contribution in [0.4, 0.5) is 0 Å². The van der Waals surface area contributed by atoms with Crippen LogP contribution in [-0.2, 0) is 4.79 Å². The van der Waals surface area contributed by atoms with Crippen molar-refractivity contribution < 1.29 is 4.79 Å². The molecule has 1 rings (SSSR count). The van der Waals surface area contributed by atoms with Gasteiger partial charge < -0.3 is 4.90 Å². The normalized spacial score (nSPS) is 11.7. The molecule has 0 radical (unpaired) electrons. The zero-order valence-corrected chi connectivity index (χ0v) is 12.0. The number of hydrogen-bond acceptors (Lipinski definition) is 2. The molecule has 0 N–H and O–H groups in total. The van der Waals surface area contributed by atoms with Crippen LogP contribution in [0, 0.1) is 11.3 Å². The fraction of sp³-hybridized carbons (Fsp3) is 0.500. The maximum atomic E-state index is 12.5. The minimum atomic E-state index is -0.0855. The second-order valence-corrected chi connectivity index (χ2v) is 4.59. The highest BCUT2D eigenvalue weighted by Gasteiger charge is 2.23. The lowest BCUT2D eigenvalue weighted by Crippen LogP contribution is -2.34. The van der Waals surface area contributed by atoms with Crippen LogP contribution in [0.5, 0.6) is 0 Å². The Bertz CT molecular complexity index is 441. The number of hydrogen-bond donors (Lipinski definition) is 0. The van der Waals surface area contributed by atoms with Crippen LogP contribution >= 0.6 is 0 Å². The molecule has 0 aliphatic heterocycles. The summed E-state index contributed by atoms with van der Waals surface area (Å²) in [4.78, 5) is 14.4. The van der Waals surface area contributed by atoms with E-state index in [2.05, 4.69) is 13.0 Å². The predicted molar refractivity (Wildman–Crippen MR) is 76.7 cm³/mol. The van der Waals surface area contributed by atoms with E-state index in [4.69, 9.17) is 5.26 Å². The van der Waals surface area contributed by atoms with Gasteiger partial charge in [0.1, 0.15) is 0 Å². The monoisotopic (exact) mass is 258 g/mol. The molecule has 1 amide bonds. The number of nitriles is 1. The Kier molecular flexibility index (Phi) is 6.08. The number of likely N-dealkylation sites (N-methyl/N-ethyl adjacent to an activating group) is 1. The third kappa shape index (κ3) is 3.82. The molecule has 0 aliphatic carbocycles. The van der Waals surface area contributed by atoms with Gasteiger partial charge in [0.05, 0.1) is 17.6 Å². The highest BCUT2D eigenvalue weighted by molar-refractivity contribution is 5.83. The first kappa shape index (κ1) is 15.2. The van der Waals surface area contributed by atoms with Gasteiger partial charge in [-0.15, -0.1) is 0 Å². The second kappa shape index (κ2) is 7.58. The van der Waals surface area contributed by atoms with Crippen molar-refractivity contribution in [1.29, 1.82) is 5.26 Å². The molecular formula is C16H22N2O. The zero-order chi connectivity index (χ0) is 14.3. The molecule has 3 nitrogen and oxygen atoms in total. The molecule has 102 valence electrons. The van der Waals surface area contributed by atoms with Crippen LogP contribution in [0.2, 0.25) is 0 Å². The van der Waals surface area contributed by atoms with Crippen LogP contribution in [0.15, 0.2) is 24.3 Å². The van der Waals surface area contributed by atoms with Crippen LogP contribution in [-0.4, -0.2) is 23.9 Å². The molecule has 3 heteroatoms. The molecule has 0 aromatic heterocycles. The number of carbonyl (C=O) groups is 1. The minimum Gasteiger partial charge on any atom is -0.343 e. The van der Waals surface area contributed by atoms with E-state index in [1.54, 1.807) is 12.1 Å². The van der Waals surface area contributed by atoms with Crippen molar-refractivity contribution in [2.75, 3.05) is 13.1 Å². The van der Waals surface area contributed by atoms with Gasteiger partial charge in [0.2, 0.25) is 5.91 Å². The van der Waals surface area contributed by atoms with E-state index in [-0.39, 0.29) is 11.8 Å². The van der Waals surface area contributed by atoms with Crippen LogP contribution in [0.25, 0.3) is 0 Å². The summed E-state index contributed by atoms with van der Waals surface area (Å²) in [5, 5.41) is 8.82. The van der Waals surface area contributed by atoms with Gasteiger partial charge in [-0.1, -0.05) is 25.5 Å². The van der Waals surface area contributed by atoms with Crippen molar-refractivity contribution >= 4 is 5.91 Å². The van der Waals surface area contributed by atoms with E-state index in [9.17, 15) is 4.79 Å². The molecule has 1 unspecified atom stereocenters. The Morgan fingerprint density at radius 2 is 1.79 bits per heavy atom. The Hall–Kier alpha value is -1.82. The molecule has 1 aromatic rings. The highest BCUT2D eigenvalue weighted by Crippen LogP contribution is 2.24. The van der Waals surface area contributed by atoms with Gasteiger partial charge in [0, 0.05) is 13.1 Å². The molecule has 0 saturated heterocycles. The predicted octanol–water partition coefficient (Wildman–Crippen LogP) is 3.31. The topological polar surface area (TPSA) is 44.1 Å². The van der Waals surface area contributed by atoms with E-state index in [0.29, 0.717) is 5.56 Å². The van der Waals surface area contributed by atoms with Crippen molar-refractivity contribution in [2.24, 2.45) is 0 Å². The van der Waals surface area contributed by atoms with Gasteiger partial charge in [-0.05, 0) is 38.0 Å². The van der Waals surface area contributed by atoms with Crippen molar-refractivity contribution in [3.05, 3.63) is 35.4 Å². The standard InChI is InChI=1S/C16H22N2O/c1-4-7-15(16(19)18(5-2)6-3)14-10-8-13(12-17)9-11-14/h8-11,15H,4-7H2,1-3H3. The molecule has 0 spiro atoms. The van der Waals surface area contributed by atoms with Crippen molar-refractivity contribution in [1.82, 2.24) is 4.90 Å². The smallest absolute Gasteiger partial charge is 0.230 e. The number of amides is 1. The Morgan fingerprint density at radius 3 is 2.21 bits per heavy atom. The lowest BCUT2D eigenvalue weighted by atomic mass is 9.92. The quantitative estimate of drug-likeness (QED) is 0.785. The summed E-state index contributed by atoms with van der Waals surface area (Å²) in [6.07, 6.45) is 1.82. The van der Waals surface area contributed by atoms with Crippen LogP contribution in [0.3, 0.4) is 0 Å². The van der Waals surface area contributed by atoms with Gasteiger partial charge in [-0.2, -0.15) is 5.26 Å². The zero-order valence-electron chi connectivity index (χ0n) is 12.0. The first-order valence-corrected chi connectivity index (χ1v) is 6.96. The van der Waals surface area contributed by atoms with E-state index in [0.717, 1.165) is 31.5 Å². The Labute approximate surface area is 115 Å². The number of rotatable bonds is 6. The molecule has 1 atom stereocenters. The fourth-order valence-corrected chi connectivity index (χ4v) is 2.27. The first-order valence-electron chi connectivity index (χ1n) is 6.96. The fourth-order valence-electron chi connectivity index (χ4n) is 2.27. The van der Waals surface area contributed by atoms with E-state index < -0.39 is 0 Å². The minimum absolute atomic E-state index is 0.0855.